The minimum atomic E-state index is 0.778. The number of nitrogens with one attached hydrogen (secondary N) is 1. The lowest BCUT2D eigenvalue weighted by atomic mass is 10.1. The fraction of sp³-hybridized carbons (Fsp3) is 0.250. The van der Waals surface area contributed by atoms with Crippen LogP contribution in [-0.2, 0) is 13.1 Å². The van der Waals surface area contributed by atoms with Crippen molar-refractivity contribution in [3.63, 3.8) is 0 Å². The normalized spacial score (nSPS) is 10.6. The van der Waals surface area contributed by atoms with Crippen molar-refractivity contribution in [1.82, 2.24) is 5.32 Å². The molecule has 0 heterocycles. The number of halogens is 2. The van der Waals surface area contributed by atoms with Gasteiger partial charge in [0.25, 0.3) is 0 Å². The van der Waals surface area contributed by atoms with E-state index in [-0.39, 0.29) is 0 Å². The zero-order chi connectivity index (χ0) is 14.5. The third-order valence-corrected chi connectivity index (χ3v) is 3.86. The van der Waals surface area contributed by atoms with Crippen LogP contribution in [0.3, 0.4) is 0 Å². The first-order chi connectivity index (χ1) is 9.60. The van der Waals surface area contributed by atoms with Gasteiger partial charge in [0, 0.05) is 35.3 Å². The molecule has 0 radical (unpaired) electrons. The van der Waals surface area contributed by atoms with Crippen molar-refractivity contribution in [3.05, 3.63) is 63.1 Å². The maximum atomic E-state index is 6.04. The Morgan fingerprint density at radius 1 is 1.20 bits per heavy atom. The molecule has 2 aromatic rings. The maximum absolute atomic E-state index is 6.04. The summed E-state index contributed by atoms with van der Waals surface area (Å²) in [6.07, 6.45) is 0. The molecule has 2 aromatic carbocycles. The van der Waals surface area contributed by atoms with Gasteiger partial charge in [-0.3, -0.25) is 0 Å². The van der Waals surface area contributed by atoms with E-state index in [4.69, 9.17) is 11.6 Å². The summed E-state index contributed by atoms with van der Waals surface area (Å²) in [6.45, 7) is 1.68. The lowest BCUT2D eigenvalue weighted by Crippen LogP contribution is -2.19. The molecule has 4 heteroatoms. The topological polar surface area (TPSA) is 15.3 Å². The highest BCUT2D eigenvalue weighted by Crippen LogP contribution is 2.26. The van der Waals surface area contributed by atoms with Crippen LogP contribution < -0.4 is 10.2 Å². The molecule has 106 valence electrons. The summed E-state index contributed by atoms with van der Waals surface area (Å²) < 4.78 is 1.09. The van der Waals surface area contributed by atoms with Gasteiger partial charge in [0.1, 0.15) is 0 Å². The van der Waals surface area contributed by atoms with Crippen LogP contribution in [0.1, 0.15) is 11.1 Å². The van der Waals surface area contributed by atoms with Crippen molar-refractivity contribution in [2.75, 3.05) is 19.0 Å². The summed E-state index contributed by atoms with van der Waals surface area (Å²) >= 11 is 9.59. The number of nitrogens with zero attached hydrogens (tertiary/aromatic N) is 1. The average Bonchev–Trinajstić information content (AvgIpc) is 2.41. The summed E-state index contributed by atoms with van der Waals surface area (Å²) in [5.41, 5.74) is 3.70. The van der Waals surface area contributed by atoms with E-state index in [1.54, 1.807) is 0 Å². The Hall–Kier alpha value is -1.03. The summed E-state index contributed by atoms with van der Waals surface area (Å²) in [7, 11) is 4.06. The Morgan fingerprint density at radius 3 is 2.70 bits per heavy atom. The fourth-order valence-electron chi connectivity index (χ4n) is 2.23. The van der Waals surface area contributed by atoms with Crippen LogP contribution in [0.2, 0.25) is 5.02 Å². The molecule has 0 fully saturated rings. The molecule has 0 atom stereocenters. The highest BCUT2D eigenvalue weighted by atomic mass is 79.9. The standard InChI is InChI=1S/C16H18BrClN2/c1-19-10-13-6-7-14(17)9-16(13)20(2)11-12-4-3-5-15(18)8-12/h3-9,19H,10-11H2,1-2H3. The van der Waals surface area contributed by atoms with Crippen LogP contribution in [-0.4, -0.2) is 14.1 Å². The van der Waals surface area contributed by atoms with Gasteiger partial charge in [-0.25, -0.2) is 0 Å². The van der Waals surface area contributed by atoms with Gasteiger partial charge in [-0.05, 0) is 42.4 Å². The monoisotopic (exact) mass is 352 g/mol. The van der Waals surface area contributed by atoms with Crippen LogP contribution in [0.5, 0.6) is 0 Å². The Morgan fingerprint density at radius 2 is 2.00 bits per heavy atom. The lowest BCUT2D eigenvalue weighted by molar-refractivity contribution is 0.805. The predicted molar refractivity (Wildman–Crippen MR) is 90.5 cm³/mol. The second kappa shape index (κ2) is 7.11. The van der Waals surface area contributed by atoms with Gasteiger partial charge in [0.15, 0.2) is 0 Å². The average molecular weight is 354 g/mol. The fourth-order valence-corrected chi connectivity index (χ4v) is 2.79. The first-order valence-electron chi connectivity index (χ1n) is 6.49. The van der Waals surface area contributed by atoms with Crippen molar-refractivity contribution < 1.29 is 0 Å². The Kier molecular flexibility index (Phi) is 5.46. The smallest absolute Gasteiger partial charge is 0.0426 e. The molecule has 0 amide bonds. The highest BCUT2D eigenvalue weighted by molar-refractivity contribution is 9.10. The van der Waals surface area contributed by atoms with Gasteiger partial charge in [-0.15, -0.1) is 0 Å². The van der Waals surface area contributed by atoms with Crippen molar-refractivity contribution in [2.24, 2.45) is 0 Å². The van der Waals surface area contributed by atoms with Gasteiger partial charge in [-0.2, -0.15) is 0 Å². The zero-order valence-electron chi connectivity index (χ0n) is 11.7. The molecule has 0 spiro atoms. The predicted octanol–water partition coefficient (Wildman–Crippen LogP) is 4.46. The summed E-state index contributed by atoms with van der Waals surface area (Å²) in [5.74, 6) is 0. The molecule has 2 nitrogen and oxygen atoms in total. The van der Waals surface area contributed by atoms with E-state index in [0.29, 0.717) is 0 Å². The van der Waals surface area contributed by atoms with E-state index in [1.165, 1.54) is 16.8 Å². The third-order valence-electron chi connectivity index (χ3n) is 3.13. The van der Waals surface area contributed by atoms with Gasteiger partial charge in [-0.1, -0.05) is 45.7 Å². The molecule has 0 aliphatic heterocycles. The molecule has 0 bridgehead atoms. The zero-order valence-corrected chi connectivity index (χ0v) is 14.0. The molecule has 2 rings (SSSR count). The van der Waals surface area contributed by atoms with E-state index in [0.717, 1.165) is 22.6 Å². The van der Waals surface area contributed by atoms with Gasteiger partial charge >= 0.3 is 0 Å². The van der Waals surface area contributed by atoms with Crippen molar-refractivity contribution in [1.29, 1.82) is 0 Å². The van der Waals surface area contributed by atoms with E-state index < -0.39 is 0 Å². The molecule has 0 saturated heterocycles. The molecular weight excluding hydrogens is 336 g/mol. The van der Waals surface area contributed by atoms with Crippen molar-refractivity contribution >= 4 is 33.2 Å². The van der Waals surface area contributed by atoms with Gasteiger partial charge in [0.05, 0.1) is 0 Å². The number of benzene rings is 2. The van der Waals surface area contributed by atoms with E-state index in [9.17, 15) is 0 Å². The summed E-state index contributed by atoms with van der Waals surface area (Å²) in [6, 6.07) is 14.4. The molecular formula is C16H18BrClN2. The molecule has 0 saturated carbocycles. The maximum Gasteiger partial charge on any atom is 0.0426 e. The Labute approximate surface area is 133 Å². The van der Waals surface area contributed by atoms with Crippen LogP contribution in [0.4, 0.5) is 5.69 Å². The van der Waals surface area contributed by atoms with Gasteiger partial charge in [0.2, 0.25) is 0 Å². The summed E-state index contributed by atoms with van der Waals surface area (Å²) in [5, 5.41) is 3.99. The largest absolute Gasteiger partial charge is 0.370 e. The molecule has 1 N–H and O–H groups in total. The minimum Gasteiger partial charge on any atom is -0.370 e. The number of hydrogen-bond acceptors (Lipinski definition) is 2. The van der Waals surface area contributed by atoms with Crippen LogP contribution >= 0.6 is 27.5 Å². The highest BCUT2D eigenvalue weighted by Gasteiger charge is 2.08. The molecule has 20 heavy (non-hydrogen) atoms. The molecule has 0 aliphatic carbocycles. The van der Waals surface area contributed by atoms with Crippen molar-refractivity contribution in [2.45, 2.75) is 13.1 Å². The SMILES string of the molecule is CNCc1ccc(Br)cc1N(C)Cc1cccc(Cl)c1. The minimum absolute atomic E-state index is 0.778. The quantitative estimate of drug-likeness (QED) is 0.854. The van der Waals surface area contributed by atoms with Crippen LogP contribution in [0.15, 0.2) is 46.9 Å². The van der Waals surface area contributed by atoms with Crippen LogP contribution in [0.25, 0.3) is 0 Å². The molecule has 0 aromatic heterocycles. The first-order valence-corrected chi connectivity index (χ1v) is 7.66. The molecule has 0 unspecified atom stereocenters. The third kappa shape index (κ3) is 3.98. The van der Waals surface area contributed by atoms with Crippen molar-refractivity contribution in [3.8, 4) is 0 Å². The first kappa shape index (κ1) is 15.4. The van der Waals surface area contributed by atoms with E-state index >= 15 is 0 Å². The number of hydrogen-bond donors (Lipinski definition) is 1. The Bertz CT molecular complexity index is 586. The molecule has 0 aliphatic rings. The van der Waals surface area contributed by atoms with Gasteiger partial charge < -0.3 is 10.2 Å². The van der Waals surface area contributed by atoms with E-state index in [2.05, 4.69) is 57.5 Å². The second-order valence-electron chi connectivity index (χ2n) is 4.79. The summed E-state index contributed by atoms with van der Waals surface area (Å²) in [4.78, 5) is 2.24. The Balaban J connectivity index is 2.23. The number of anilines is 1. The lowest BCUT2D eigenvalue weighted by Gasteiger charge is -2.23. The van der Waals surface area contributed by atoms with E-state index in [1.807, 2.05) is 25.2 Å². The van der Waals surface area contributed by atoms with Crippen LogP contribution in [0, 0.1) is 0 Å². The second-order valence-corrected chi connectivity index (χ2v) is 6.14. The number of rotatable bonds is 5.